The van der Waals surface area contributed by atoms with E-state index in [4.69, 9.17) is 18.9 Å². The summed E-state index contributed by atoms with van der Waals surface area (Å²) in [4.78, 5) is 50.0. The summed E-state index contributed by atoms with van der Waals surface area (Å²) in [7, 11) is 1.29. The van der Waals surface area contributed by atoms with E-state index >= 15 is 0 Å². The van der Waals surface area contributed by atoms with Gasteiger partial charge in [0.15, 0.2) is 0 Å². The molecule has 0 aromatic rings. The van der Waals surface area contributed by atoms with Gasteiger partial charge in [-0.1, -0.05) is 13.3 Å². The van der Waals surface area contributed by atoms with Crippen LogP contribution in [0.15, 0.2) is 11.6 Å². The minimum absolute atomic E-state index is 0.0245. The van der Waals surface area contributed by atoms with Crippen molar-refractivity contribution in [3.63, 3.8) is 0 Å². The number of hydrogen-bond donors (Lipinski definition) is 2. The lowest BCUT2D eigenvalue weighted by molar-refractivity contribution is -0.289. The molecule has 0 aromatic carbocycles. The third-order valence-corrected chi connectivity index (χ3v) is 8.99. The first kappa shape index (κ1) is 25.6. The molecular formula is C25H34O10. The number of esters is 4. The Morgan fingerprint density at radius 1 is 1.03 bits per heavy atom. The lowest BCUT2D eigenvalue weighted by Gasteiger charge is -2.66. The lowest BCUT2D eigenvalue weighted by Crippen LogP contribution is -2.73. The normalized spacial score (nSPS) is 46.2. The van der Waals surface area contributed by atoms with Crippen molar-refractivity contribution in [1.82, 2.24) is 0 Å². The Kier molecular flexibility index (Phi) is 5.88. The average molecular weight is 495 g/mol. The van der Waals surface area contributed by atoms with Gasteiger partial charge in [0.1, 0.15) is 12.2 Å². The first-order valence-corrected chi connectivity index (χ1v) is 11.9. The van der Waals surface area contributed by atoms with Crippen molar-refractivity contribution in [2.75, 3.05) is 7.11 Å². The molecular weight excluding hydrogens is 460 g/mol. The topological polar surface area (TPSA) is 146 Å². The fraction of sp³-hybridized carbons (Fsp3) is 0.760. The molecule has 4 rings (SSSR count). The Balaban J connectivity index is 1.98. The number of carbonyl (C=O) groups is 4. The Morgan fingerprint density at radius 2 is 1.63 bits per heavy atom. The number of rotatable bonds is 3. The first-order chi connectivity index (χ1) is 16.1. The van der Waals surface area contributed by atoms with Crippen LogP contribution in [0.5, 0.6) is 0 Å². The van der Waals surface area contributed by atoms with Gasteiger partial charge in [0.2, 0.25) is 5.79 Å². The average Bonchev–Trinajstić information content (AvgIpc) is 3.04. The number of hydrogen-bond acceptors (Lipinski definition) is 10. The van der Waals surface area contributed by atoms with E-state index in [1.165, 1.54) is 27.9 Å². The molecule has 0 aromatic heterocycles. The Morgan fingerprint density at radius 3 is 2.20 bits per heavy atom. The molecule has 3 fully saturated rings. The van der Waals surface area contributed by atoms with Gasteiger partial charge < -0.3 is 29.2 Å². The summed E-state index contributed by atoms with van der Waals surface area (Å²) in [6.45, 7) is 7.57. The number of methoxy groups -OCH3 is 1. The van der Waals surface area contributed by atoms with Crippen LogP contribution in [0.3, 0.4) is 0 Å². The van der Waals surface area contributed by atoms with Crippen LogP contribution in [0.1, 0.15) is 60.3 Å². The second-order valence-electron chi connectivity index (χ2n) is 11.1. The molecule has 1 heterocycles. The third-order valence-electron chi connectivity index (χ3n) is 8.99. The number of aliphatic hydroxyl groups is 2. The molecule has 9 unspecified atom stereocenters. The molecule has 3 saturated carbocycles. The van der Waals surface area contributed by atoms with Crippen molar-refractivity contribution in [2.45, 2.75) is 83.9 Å². The zero-order valence-corrected chi connectivity index (χ0v) is 21.0. The Bertz CT molecular complexity index is 1000. The van der Waals surface area contributed by atoms with Crippen LogP contribution in [0.4, 0.5) is 0 Å². The van der Waals surface area contributed by atoms with Gasteiger partial charge >= 0.3 is 23.9 Å². The van der Waals surface area contributed by atoms with E-state index in [9.17, 15) is 29.4 Å². The van der Waals surface area contributed by atoms with E-state index in [1.54, 1.807) is 6.92 Å². The van der Waals surface area contributed by atoms with Gasteiger partial charge in [-0.2, -0.15) is 0 Å². The largest absolute Gasteiger partial charge is 0.469 e. The number of ether oxygens (including phenoxy) is 4. The molecule has 35 heavy (non-hydrogen) atoms. The quantitative estimate of drug-likeness (QED) is 0.436. The van der Waals surface area contributed by atoms with Crippen molar-refractivity contribution in [1.29, 1.82) is 0 Å². The van der Waals surface area contributed by atoms with E-state index in [0.29, 0.717) is 19.3 Å². The predicted octanol–water partition coefficient (Wildman–Crippen LogP) is 1.41. The van der Waals surface area contributed by atoms with Gasteiger partial charge in [0.05, 0.1) is 18.1 Å². The lowest BCUT2D eigenvalue weighted by atomic mass is 9.40. The molecule has 9 atom stereocenters. The van der Waals surface area contributed by atoms with E-state index in [-0.39, 0.29) is 12.0 Å². The summed E-state index contributed by atoms with van der Waals surface area (Å²) in [6, 6.07) is 0. The minimum Gasteiger partial charge on any atom is -0.469 e. The highest BCUT2D eigenvalue weighted by atomic mass is 16.7. The fourth-order valence-corrected chi connectivity index (χ4v) is 7.91. The molecule has 10 nitrogen and oxygen atoms in total. The van der Waals surface area contributed by atoms with Crippen molar-refractivity contribution in [3.05, 3.63) is 11.6 Å². The number of carbonyl (C=O) groups excluding carboxylic acids is 4. The van der Waals surface area contributed by atoms with E-state index in [2.05, 4.69) is 0 Å². The molecule has 194 valence electrons. The second-order valence-corrected chi connectivity index (χ2v) is 11.1. The maximum Gasteiger partial charge on any atom is 0.333 e. The highest BCUT2D eigenvalue weighted by Gasteiger charge is 2.74. The highest BCUT2D eigenvalue weighted by Crippen LogP contribution is 2.68. The fourth-order valence-electron chi connectivity index (χ4n) is 7.91. The van der Waals surface area contributed by atoms with E-state index in [1.807, 2.05) is 6.92 Å². The first-order valence-electron chi connectivity index (χ1n) is 11.9. The molecule has 0 saturated heterocycles. The maximum absolute atomic E-state index is 13.2. The summed E-state index contributed by atoms with van der Waals surface area (Å²) < 4.78 is 22.0. The molecule has 0 amide bonds. The van der Waals surface area contributed by atoms with Crippen molar-refractivity contribution in [2.24, 2.45) is 28.6 Å². The van der Waals surface area contributed by atoms with Crippen LogP contribution in [0.2, 0.25) is 0 Å². The van der Waals surface area contributed by atoms with Crippen molar-refractivity contribution < 1.29 is 48.3 Å². The summed E-state index contributed by atoms with van der Waals surface area (Å²) in [5, 5.41) is 23.2. The Hall–Kier alpha value is -2.46. The van der Waals surface area contributed by atoms with Gasteiger partial charge in [-0.3, -0.25) is 14.4 Å². The van der Waals surface area contributed by atoms with Crippen LogP contribution in [-0.2, 0) is 38.1 Å². The molecule has 0 radical (unpaired) electrons. The summed E-state index contributed by atoms with van der Waals surface area (Å²) in [5.41, 5.74) is -3.77. The van der Waals surface area contributed by atoms with Crippen LogP contribution in [0.25, 0.3) is 0 Å². The maximum atomic E-state index is 13.2. The second kappa shape index (κ2) is 8.03. The SMILES string of the molecule is COC(=O)C1(C)CCCC2(C)C3CC4(O)OC(=O)C=C4C(C)(O)C3C(OC(C)=O)C(OC(C)=O)C12. The third kappa shape index (κ3) is 3.59. The summed E-state index contributed by atoms with van der Waals surface area (Å²) in [5.74, 6) is -6.71. The van der Waals surface area contributed by atoms with Gasteiger partial charge in [0, 0.05) is 43.8 Å². The molecule has 4 aliphatic rings. The van der Waals surface area contributed by atoms with Gasteiger partial charge in [0.25, 0.3) is 0 Å². The van der Waals surface area contributed by atoms with Gasteiger partial charge in [-0.25, -0.2) is 4.79 Å². The zero-order valence-electron chi connectivity index (χ0n) is 21.0. The predicted molar refractivity (Wildman–Crippen MR) is 118 cm³/mol. The molecule has 10 heteroatoms. The van der Waals surface area contributed by atoms with E-state index < -0.39 is 76.1 Å². The van der Waals surface area contributed by atoms with E-state index in [0.717, 1.165) is 6.08 Å². The van der Waals surface area contributed by atoms with Gasteiger partial charge in [-0.15, -0.1) is 0 Å². The van der Waals surface area contributed by atoms with Crippen LogP contribution >= 0.6 is 0 Å². The molecule has 0 spiro atoms. The zero-order chi connectivity index (χ0) is 26.1. The van der Waals surface area contributed by atoms with Crippen LogP contribution in [-0.4, -0.2) is 64.8 Å². The van der Waals surface area contributed by atoms with Crippen molar-refractivity contribution >= 4 is 23.9 Å². The summed E-state index contributed by atoms with van der Waals surface area (Å²) >= 11 is 0. The van der Waals surface area contributed by atoms with Crippen LogP contribution < -0.4 is 0 Å². The molecule has 0 bridgehead atoms. The van der Waals surface area contributed by atoms with Crippen LogP contribution in [0, 0.1) is 28.6 Å². The van der Waals surface area contributed by atoms with Gasteiger partial charge in [-0.05, 0) is 38.0 Å². The Labute approximate surface area is 203 Å². The molecule has 1 aliphatic heterocycles. The monoisotopic (exact) mass is 494 g/mol. The van der Waals surface area contributed by atoms with Crippen molar-refractivity contribution in [3.8, 4) is 0 Å². The smallest absolute Gasteiger partial charge is 0.333 e. The number of fused-ring (bicyclic) bond motifs is 4. The molecule has 2 N–H and O–H groups in total. The molecule has 3 aliphatic carbocycles. The minimum atomic E-state index is -2.04. The summed E-state index contributed by atoms with van der Waals surface area (Å²) in [6.07, 6.45) is 0.421. The standard InChI is InChI=1S/C25H34O10/c1-12(26)33-18-17-14(11-25(31)15(24(17,5)30)10-16(28)35-25)22(3)8-7-9-23(4,21(29)32-6)20(22)19(18)34-13(2)27/h10,14,17-20,30-31H,7-9,11H2,1-6H3. The highest BCUT2D eigenvalue weighted by molar-refractivity contribution is 5.87.